The second kappa shape index (κ2) is 5.89. The molecule has 0 aliphatic rings. The van der Waals surface area contributed by atoms with Gasteiger partial charge < -0.3 is 14.0 Å². The summed E-state index contributed by atoms with van der Waals surface area (Å²) in [5, 5.41) is 13.6. The molecule has 0 atom stereocenters. The number of fused-ring (bicyclic) bond motifs is 1. The van der Waals surface area contributed by atoms with Crippen molar-refractivity contribution in [3.63, 3.8) is 0 Å². The quantitative estimate of drug-likeness (QED) is 0.396. The van der Waals surface area contributed by atoms with Gasteiger partial charge in [0.2, 0.25) is 0 Å². The lowest BCUT2D eigenvalue weighted by atomic mass is 10.0. The molecule has 0 fully saturated rings. The van der Waals surface area contributed by atoms with Crippen molar-refractivity contribution in [2.75, 3.05) is 0 Å². The van der Waals surface area contributed by atoms with Crippen molar-refractivity contribution in [2.45, 2.75) is 26.7 Å². The first-order chi connectivity index (χ1) is 10.6. The largest absolute Gasteiger partial charge is 0.461 e. The molecule has 22 heavy (non-hydrogen) atoms. The highest BCUT2D eigenvalue weighted by atomic mass is 35.5. The van der Waals surface area contributed by atoms with Gasteiger partial charge in [-0.1, -0.05) is 16.8 Å². The van der Waals surface area contributed by atoms with Crippen LogP contribution in [0.4, 0.5) is 0 Å². The van der Waals surface area contributed by atoms with E-state index in [0.29, 0.717) is 23.6 Å². The molecule has 0 bridgehead atoms. The van der Waals surface area contributed by atoms with E-state index in [1.165, 1.54) is 0 Å². The van der Waals surface area contributed by atoms with E-state index in [0.717, 1.165) is 33.8 Å². The lowest BCUT2D eigenvalue weighted by Gasteiger charge is -2.00. The highest BCUT2D eigenvalue weighted by Gasteiger charge is 2.19. The van der Waals surface area contributed by atoms with Gasteiger partial charge in [0.1, 0.15) is 22.9 Å². The first-order valence-electron chi connectivity index (χ1n) is 7.03. The lowest BCUT2D eigenvalue weighted by molar-refractivity contribution is 0.317. The number of hydrogen-bond donors (Lipinski definition) is 1. The first-order valence-corrected chi connectivity index (χ1v) is 7.41. The third-order valence-corrected chi connectivity index (χ3v) is 3.83. The molecule has 1 aromatic carbocycles. The van der Waals surface area contributed by atoms with E-state index in [-0.39, 0.29) is 0 Å². The minimum atomic E-state index is 0.608. The zero-order valence-electron chi connectivity index (χ0n) is 12.4. The van der Waals surface area contributed by atoms with Gasteiger partial charge in [0.25, 0.3) is 0 Å². The summed E-state index contributed by atoms with van der Waals surface area (Å²) in [5.41, 5.74) is 2.33. The third kappa shape index (κ3) is 2.74. The number of rotatable bonds is 4. The zero-order chi connectivity index (χ0) is 15.7. The third-order valence-electron chi connectivity index (χ3n) is 3.59. The number of oxime groups is 1. The van der Waals surface area contributed by atoms with Crippen LogP contribution in [-0.2, 0) is 6.42 Å². The molecule has 0 unspecified atom stereocenters. The Morgan fingerprint density at radius 3 is 2.73 bits per heavy atom. The van der Waals surface area contributed by atoms with Gasteiger partial charge >= 0.3 is 0 Å². The Balaban J connectivity index is 2.13. The van der Waals surface area contributed by atoms with E-state index in [2.05, 4.69) is 5.16 Å². The topological polar surface area (TPSA) is 58.9 Å². The average molecular weight is 318 g/mol. The summed E-state index contributed by atoms with van der Waals surface area (Å²) in [5.74, 6) is 2.40. The van der Waals surface area contributed by atoms with Crippen molar-refractivity contribution in [1.29, 1.82) is 0 Å². The number of aryl methyl sites for hydroxylation is 2. The van der Waals surface area contributed by atoms with Gasteiger partial charge in [0, 0.05) is 16.8 Å². The van der Waals surface area contributed by atoms with Crippen LogP contribution in [0.3, 0.4) is 0 Å². The van der Waals surface area contributed by atoms with Gasteiger partial charge in [-0.15, -0.1) is 0 Å². The molecule has 0 saturated heterocycles. The molecule has 0 amide bonds. The average Bonchev–Trinajstić information content (AvgIpc) is 3.07. The molecule has 2 aromatic heterocycles. The Bertz CT molecular complexity index is 845. The van der Waals surface area contributed by atoms with Gasteiger partial charge in [0.15, 0.2) is 0 Å². The standard InChI is InChI=1S/C17H16ClNO3/c1-10(19-20)3-6-16-17(15-7-4-11(2)21-15)13-9-12(18)5-8-14(13)22-16/h4-5,7-9,20H,3,6H2,1-2H3. The molecule has 0 saturated carbocycles. The predicted molar refractivity (Wildman–Crippen MR) is 86.9 cm³/mol. The van der Waals surface area contributed by atoms with Crippen molar-refractivity contribution in [3.05, 3.63) is 46.9 Å². The maximum absolute atomic E-state index is 8.80. The van der Waals surface area contributed by atoms with E-state index in [1.807, 2.05) is 31.2 Å². The van der Waals surface area contributed by atoms with Crippen LogP contribution < -0.4 is 0 Å². The number of nitrogens with zero attached hydrogens (tertiary/aromatic N) is 1. The number of furan rings is 2. The highest BCUT2D eigenvalue weighted by Crippen LogP contribution is 2.37. The van der Waals surface area contributed by atoms with E-state index in [1.54, 1.807) is 13.0 Å². The molecular weight excluding hydrogens is 302 g/mol. The normalized spacial score (nSPS) is 12.2. The van der Waals surface area contributed by atoms with Crippen LogP contribution in [0.2, 0.25) is 5.02 Å². The molecule has 0 spiro atoms. The zero-order valence-corrected chi connectivity index (χ0v) is 13.1. The summed E-state index contributed by atoms with van der Waals surface area (Å²) >= 11 is 6.12. The lowest BCUT2D eigenvalue weighted by Crippen LogP contribution is -1.95. The first kappa shape index (κ1) is 14.7. The number of halogens is 1. The van der Waals surface area contributed by atoms with Crippen molar-refractivity contribution in [2.24, 2.45) is 5.16 Å². The summed E-state index contributed by atoms with van der Waals surface area (Å²) in [6.45, 7) is 3.68. The number of hydrogen-bond acceptors (Lipinski definition) is 4. The van der Waals surface area contributed by atoms with E-state index >= 15 is 0 Å². The molecule has 114 valence electrons. The van der Waals surface area contributed by atoms with Crippen molar-refractivity contribution < 1.29 is 14.0 Å². The minimum Gasteiger partial charge on any atom is -0.461 e. The molecule has 4 nitrogen and oxygen atoms in total. The Hall–Kier alpha value is -2.20. The van der Waals surface area contributed by atoms with E-state index in [9.17, 15) is 0 Å². The monoisotopic (exact) mass is 317 g/mol. The summed E-state index contributed by atoms with van der Waals surface area (Å²) in [6, 6.07) is 9.38. The van der Waals surface area contributed by atoms with Crippen LogP contribution in [0.5, 0.6) is 0 Å². The molecule has 2 heterocycles. The smallest absolute Gasteiger partial charge is 0.138 e. The van der Waals surface area contributed by atoms with E-state index < -0.39 is 0 Å². The van der Waals surface area contributed by atoms with Gasteiger partial charge in [0.05, 0.1) is 11.3 Å². The molecule has 5 heteroatoms. The molecule has 0 aliphatic carbocycles. The fraction of sp³-hybridized carbons (Fsp3) is 0.235. The predicted octanol–water partition coefficient (Wildman–Crippen LogP) is 5.44. The Morgan fingerprint density at radius 1 is 1.23 bits per heavy atom. The SMILES string of the molecule is CC(CCc1oc2ccc(Cl)cc2c1-c1ccc(C)o1)=NO. The van der Waals surface area contributed by atoms with Crippen LogP contribution in [0, 0.1) is 6.92 Å². The van der Waals surface area contributed by atoms with Crippen LogP contribution in [0.15, 0.2) is 44.3 Å². The van der Waals surface area contributed by atoms with Crippen LogP contribution in [-0.4, -0.2) is 10.9 Å². The maximum atomic E-state index is 8.80. The van der Waals surface area contributed by atoms with Crippen molar-refractivity contribution >= 4 is 28.3 Å². The van der Waals surface area contributed by atoms with Gasteiger partial charge in [-0.25, -0.2) is 0 Å². The van der Waals surface area contributed by atoms with Gasteiger partial charge in [-0.3, -0.25) is 0 Å². The molecule has 3 rings (SSSR count). The minimum absolute atomic E-state index is 0.608. The fourth-order valence-corrected chi connectivity index (χ4v) is 2.65. The second-order valence-electron chi connectivity index (χ2n) is 5.29. The summed E-state index contributed by atoms with van der Waals surface area (Å²) < 4.78 is 11.7. The van der Waals surface area contributed by atoms with Crippen molar-refractivity contribution in [3.8, 4) is 11.3 Å². The summed E-state index contributed by atoms with van der Waals surface area (Å²) in [4.78, 5) is 0. The van der Waals surface area contributed by atoms with Crippen molar-refractivity contribution in [1.82, 2.24) is 0 Å². The molecule has 0 aliphatic heterocycles. The van der Waals surface area contributed by atoms with Crippen LogP contribution in [0.25, 0.3) is 22.3 Å². The van der Waals surface area contributed by atoms with Crippen LogP contribution >= 0.6 is 11.6 Å². The number of benzene rings is 1. The molecule has 3 aromatic rings. The fourth-order valence-electron chi connectivity index (χ4n) is 2.48. The van der Waals surface area contributed by atoms with Gasteiger partial charge in [-0.2, -0.15) is 0 Å². The summed E-state index contributed by atoms with van der Waals surface area (Å²) in [6.07, 6.45) is 1.23. The maximum Gasteiger partial charge on any atom is 0.138 e. The van der Waals surface area contributed by atoms with Crippen LogP contribution in [0.1, 0.15) is 24.9 Å². The Morgan fingerprint density at radius 2 is 2.05 bits per heavy atom. The molecule has 0 radical (unpaired) electrons. The Labute approximate surface area is 133 Å². The highest BCUT2D eigenvalue weighted by molar-refractivity contribution is 6.31. The Kier molecular flexibility index (Phi) is 3.94. The van der Waals surface area contributed by atoms with Gasteiger partial charge in [-0.05, 0) is 50.6 Å². The second-order valence-corrected chi connectivity index (χ2v) is 5.72. The van der Waals surface area contributed by atoms with E-state index in [4.69, 9.17) is 25.6 Å². The molecule has 1 N–H and O–H groups in total. The summed E-state index contributed by atoms with van der Waals surface area (Å²) in [7, 11) is 0. The molecular formula is C17H16ClNO3.